The summed E-state index contributed by atoms with van der Waals surface area (Å²) >= 11 is 0. The fourth-order valence-corrected chi connectivity index (χ4v) is 0.801. The van der Waals surface area contributed by atoms with E-state index in [0.29, 0.717) is 5.69 Å². The van der Waals surface area contributed by atoms with Gasteiger partial charge in [0.1, 0.15) is 0 Å². The maximum atomic E-state index is 8.88. The molecule has 0 unspecified atom stereocenters. The van der Waals surface area contributed by atoms with Gasteiger partial charge < -0.3 is 10.8 Å². The highest BCUT2D eigenvalue weighted by atomic mass is 16.3. The van der Waals surface area contributed by atoms with Crippen molar-refractivity contribution in [1.82, 2.24) is 9.78 Å². The minimum atomic E-state index is -0.721. The second kappa shape index (κ2) is 2.64. The number of aliphatic hydroxyl groups excluding tert-OH is 1. The summed E-state index contributed by atoms with van der Waals surface area (Å²) in [5, 5.41) is 13.0. The largest absolute Gasteiger partial charge is 0.394 e. The van der Waals surface area contributed by atoms with Crippen molar-refractivity contribution < 1.29 is 5.11 Å². The van der Waals surface area contributed by atoms with Gasteiger partial charge in [-0.1, -0.05) is 0 Å². The zero-order chi connectivity index (χ0) is 8.48. The fourth-order valence-electron chi connectivity index (χ4n) is 0.801. The maximum absolute atomic E-state index is 8.88. The molecule has 3 N–H and O–H groups in total. The smallest absolute Gasteiger partial charge is 0.0843 e. The lowest BCUT2D eigenvalue weighted by molar-refractivity contribution is 0.206. The van der Waals surface area contributed by atoms with Gasteiger partial charge in [-0.3, -0.25) is 4.68 Å². The second-order valence-corrected chi connectivity index (χ2v) is 2.95. The summed E-state index contributed by atoms with van der Waals surface area (Å²) in [6.45, 7) is 1.65. The van der Waals surface area contributed by atoms with Gasteiger partial charge in [0, 0.05) is 13.2 Å². The highest BCUT2D eigenvalue weighted by Crippen LogP contribution is 2.13. The molecular formula is C7H13N3O. The van der Waals surface area contributed by atoms with Crippen molar-refractivity contribution >= 4 is 0 Å². The molecule has 62 valence electrons. The van der Waals surface area contributed by atoms with Crippen molar-refractivity contribution in [2.75, 3.05) is 6.61 Å². The van der Waals surface area contributed by atoms with Crippen LogP contribution in [0.15, 0.2) is 12.3 Å². The maximum Gasteiger partial charge on any atom is 0.0843 e. The summed E-state index contributed by atoms with van der Waals surface area (Å²) in [5.74, 6) is 0. The highest BCUT2D eigenvalue weighted by molar-refractivity contribution is 5.11. The SMILES string of the molecule is Cn1ccc([C@@](C)(N)CO)n1. The Labute approximate surface area is 65.6 Å². The van der Waals surface area contributed by atoms with Crippen LogP contribution in [0.2, 0.25) is 0 Å². The van der Waals surface area contributed by atoms with Crippen LogP contribution in [0, 0.1) is 0 Å². The van der Waals surface area contributed by atoms with E-state index in [1.807, 2.05) is 7.05 Å². The van der Waals surface area contributed by atoms with Crippen LogP contribution in [0.1, 0.15) is 12.6 Å². The van der Waals surface area contributed by atoms with Gasteiger partial charge in [-0.2, -0.15) is 5.10 Å². The predicted molar refractivity (Wildman–Crippen MR) is 41.8 cm³/mol. The number of rotatable bonds is 2. The van der Waals surface area contributed by atoms with Gasteiger partial charge in [0.15, 0.2) is 0 Å². The quantitative estimate of drug-likeness (QED) is 0.610. The average molecular weight is 155 g/mol. The summed E-state index contributed by atoms with van der Waals surface area (Å²) in [6.07, 6.45) is 1.80. The first-order chi connectivity index (χ1) is 5.06. The van der Waals surface area contributed by atoms with E-state index in [9.17, 15) is 0 Å². The molecule has 1 rings (SSSR count). The molecule has 0 aliphatic heterocycles. The average Bonchev–Trinajstić information content (AvgIpc) is 2.36. The number of nitrogens with two attached hydrogens (primary N) is 1. The number of aromatic nitrogens is 2. The van der Waals surface area contributed by atoms with Crippen molar-refractivity contribution in [3.05, 3.63) is 18.0 Å². The lowest BCUT2D eigenvalue weighted by Crippen LogP contribution is -2.37. The summed E-state index contributed by atoms with van der Waals surface area (Å²) in [5.41, 5.74) is 5.71. The van der Waals surface area contributed by atoms with Crippen molar-refractivity contribution in [3.8, 4) is 0 Å². The van der Waals surface area contributed by atoms with Crippen LogP contribution in [0.3, 0.4) is 0 Å². The summed E-state index contributed by atoms with van der Waals surface area (Å²) in [7, 11) is 1.82. The highest BCUT2D eigenvalue weighted by Gasteiger charge is 2.22. The van der Waals surface area contributed by atoms with E-state index in [1.54, 1.807) is 23.9 Å². The zero-order valence-corrected chi connectivity index (χ0v) is 6.78. The molecule has 1 heterocycles. The molecule has 0 radical (unpaired) electrons. The van der Waals surface area contributed by atoms with Crippen LogP contribution in [-0.2, 0) is 12.6 Å². The van der Waals surface area contributed by atoms with Gasteiger partial charge >= 0.3 is 0 Å². The van der Waals surface area contributed by atoms with E-state index in [1.165, 1.54) is 0 Å². The third-order valence-electron chi connectivity index (χ3n) is 1.63. The third-order valence-corrected chi connectivity index (χ3v) is 1.63. The van der Waals surface area contributed by atoms with Crippen LogP contribution < -0.4 is 5.73 Å². The van der Waals surface area contributed by atoms with E-state index >= 15 is 0 Å². The Hall–Kier alpha value is -0.870. The summed E-state index contributed by atoms with van der Waals surface area (Å²) in [6, 6.07) is 1.80. The molecule has 0 aliphatic rings. The minimum absolute atomic E-state index is 0.0932. The minimum Gasteiger partial charge on any atom is -0.394 e. The van der Waals surface area contributed by atoms with Gasteiger partial charge in [-0.15, -0.1) is 0 Å². The van der Waals surface area contributed by atoms with Crippen LogP contribution in [0.5, 0.6) is 0 Å². The van der Waals surface area contributed by atoms with E-state index < -0.39 is 5.54 Å². The zero-order valence-electron chi connectivity index (χ0n) is 6.78. The van der Waals surface area contributed by atoms with Crippen LogP contribution in [0.4, 0.5) is 0 Å². The van der Waals surface area contributed by atoms with Crippen LogP contribution in [-0.4, -0.2) is 21.5 Å². The Morgan fingerprint density at radius 2 is 2.45 bits per heavy atom. The molecule has 0 bridgehead atoms. The van der Waals surface area contributed by atoms with Gasteiger partial charge in [0.25, 0.3) is 0 Å². The third kappa shape index (κ3) is 1.58. The molecule has 1 aromatic heterocycles. The molecule has 0 fully saturated rings. The van der Waals surface area contributed by atoms with Crippen molar-refractivity contribution in [2.45, 2.75) is 12.5 Å². The molecule has 1 aromatic rings. The Kier molecular flexibility index (Phi) is 1.97. The molecule has 4 nitrogen and oxygen atoms in total. The molecule has 0 amide bonds. The first kappa shape index (κ1) is 8.23. The van der Waals surface area contributed by atoms with Crippen LogP contribution >= 0.6 is 0 Å². The molecule has 0 aromatic carbocycles. The number of nitrogens with zero attached hydrogens (tertiary/aromatic N) is 2. The monoisotopic (exact) mass is 155 g/mol. The van der Waals surface area contributed by atoms with E-state index in [4.69, 9.17) is 10.8 Å². The lowest BCUT2D eigenvalue weighted by atomic mass is 10.0. The normalized spacial score (nSPS) is 16.4. The molecular weight excluding hydrogens is 142 g/mol. The molecule has 0 saturated carbocycles. The summed E-state index contributed by atoms with van der Waals surface area (Å²) < 4.78 is 1.66. The Balaban J connectivity index is 2.92. The molecule has 0 aliphatic carbocycles. The number of hydrogen-bond acceptors (Lipinski definition) is 3. The first-order valence-electron chi connectivity index (χ1n) is 3.46. The Morgan fingerprint density at radius 1 is 1.82 bits per heavy atom. The van der Waals surface area contributed by atoms with E-state index in [0.717, 1.165) is 0 Å². The van der Waals surface area contributed by atoms with Crippen molar-refractivity contribution in [3.63, 3.8) is 0 Å². The predicted octanol–water partition coefficient (Wildman–Crippen LogP) is -0.414. The van der Waals surface area contributed by atoms with Gasteiger partial charge in [0.05, 0.1) is 17.8 Å². The molecule has 1 atom stereocenters. The Morgan fingerprint density at radius 3 is 2.82 bits per heavy atom. The first-order valence-corrected chi connectivity index (χ1v) is 3.46. The number of aliphatic hydroxyl groups is 1. The fraction of sp³-hybridized carbons (Fsp3) is 0.571. The van der Waals surface area contributed by atoms with E-state index in [-0.39, 0.29) is 6.61 Å². The topological polar surface area (TPSA) is 64.1 Å². The second-order valence-electron chi connectivity index (χ2n) is 2.95. The summed E-state index contributed by atoms with van der Waals surface area (Å²) in [4.78, 5) is 0. The van der Waals surface area contributed by atoms with Gasteiger partial charge in [-0.25, -0.2) is 0 Å². The van der Waals surface area contributed by atoms with Gasteiger partial charge in [0.2, 0.25) is 0 Å². The molecule has 11 heavy (non-hydrogen) atoms. The molecule has 0 saturated heterocycles. The van der Waals surface area contributed by atoms with Crippen molar-refractivity contribution in [1.29, 1.82) is 0 Å². The standard InChI is InChI=1S/C7H13N3O/c1-7(8,5-11)6-3-4-10(2)9-6/h3-4,11H,5,8H2,1-2H3/t7-/m0/s1. The molecule has 4 heteroatoms. The van der Waals surface area contributed by atoms with Crippen LogP contribution in [0.25, 0.3) is 0 Å². The lowest BCUT2D eigenvalue weighted by Gasteiger charge is -2.18. The number of aryl methyl sites for hydroxylation is 1. The Bertz CT molecular complexity index is 242. The van der Waals surface area contributed by atoms with Crippen molar-refractivity contribution in [2.24, 2.45) is 12.8 Å². The van der Waals surface area contributed by atoms with E-state index in [2.05, 4.69) is 5.10 Å². The number of hydrogen-bond donors (Lipinski definition) is 2. The van der Waals surface area contributed by atoms with Gasteiger partial charge in [-0.05, 0) is 13.0 Å². The molecule has 0 spiro atoms.